The van der Waals surface area contributed by atoms with Crippen LogP contribution in [0, 0.1) is 5.82 Å². The molecule has 0 spiro atoms. The summed E-state index contributed by atoms with van der Waals surface area (Å²) in [6, 6.07) is 0. The smallest absolute Gasteiger partial charge is 0.328 e. The van der Waals surface area contributed by atoms with E-state index in [4.69, 9.17) is 0 Å². The Bertz CT molecular complexity index is 381. The summed E-state index contributed by atoms with van der Waals surface area (Å²) in [5.74, 6) is -1.54. The Morgan fingerprint density at radius 3 is 2.67 bits per heavy atom. The molecule has 0 aliphatic heterocycles. The van der Waals surface area contributed by atoms with Crippen molar-refractivity contribution in [3.63, 3.8) is 0 Å². The first-order valence-electron chi connectivity index (χ1n) is 3.30. The lowest BCUT2D eigenvalue weighted by molar-refractivity contribution is 0.303. The van der Waals surface area contributed by atoms with E-state index in [1.807, 2.05) is 4.98 Å². The van der Waals surface area contributed by atoms with Crippen LogP contribution in [0.15, 0.2) is 9.59 Å². The van der Waals surface area contributed by atoms with Crippen LogP contribution in [0.1, 0.15) is 6.92 Å². The zero-order valence-electron chi connectivity index (χ0n) is 6.31. The summed E-state index contributed by atoms with van der Waals surface area (Å²) < 4.78 is 17.4. The summed E-state index contributed by atoms with van der Waals surface area (Å²) >= 11 is 0. The largest absolute Gasteiger partial charge is 0.477 e. The Labute approximate surface area is 66.2 Å². The van der Waals surface area contributed by atoms with Crippen molar-refractivity contribution in [3.8, 4) is 5.88 Å². The van der Waals surface area contributed by atoms with Crippen molar-refractivity contribution in [1.29, 1.82) is 0 Å². The molecular formula is C6H7FN2O3. The lowest BCUT2D eigenvalue weighted by Gasteiger charge is -2.00. The fourth-order valence-corrected chi connectivity index (χ4v) is 0.694. The first-order chi connectivity index (χ1) is 5.65. The standard InChI is InChI=1S/C6H7FN2O3/c1-2-12-5-3(7)4(10)8-6(11)9-5/h2H2,1H3,(H2,8,9,10,11). The van der Waals surface area contributed by atoms with Gasteiger partial charge < -0.3 is 4.74 Å². The molecule has 0 saturated heterocycles. The van der Waals surface area contributed by atoms with Gasteiger partial charge in [-0.1, -0.05) is 0 Å². The van der Waals surface area contributed by atoms with Gasteiger partial charge in [0.2, 0.25) is 11.7 Å². The van der Waals surface area contributed by atoms with Gasteiger partial charge in [-0.2, -0.15) is 4.39 Å². The molecule has 0 amide bonds. The topological polar surface area (TPSA) is 75.0 Å². The van der Waals surface area contributed by atoms with Crippen molar-refractivity contribution in [2.75, 3.05) is 6.61 Å². The SMILES string of the molecule is CCOc1[nH]c(=O)[nH]c(=O)c1F. The molecule has 0 aliphatic rings. The van der Waals surface area contributed by atoms with Crippen LogP contribution < -0.4 is 16.0 Å². The molecule has 1 heterocycles. The number of rotatable bonds is 2. The summed E-state index contributed by atoms with van der Waals surface area (Å²) in [5, 5.41) is 0. The lowest BCUT2D eigenvalue weighted by Crippen LogP contribution is -2.25. The zero-order chi connectivity index (χ0) is 9.14. The minimum atomic E-state index is -1.11. The molecule has 12 heavy (non-hydrogen) atoms. The highest BCUT2D eigenvalue weighted by molar-refractivity contribution is 5.08. The van der Waals surface area contributed by atoms with Crippen molar-refractivity contribution >= 4 is 0 Å². The van der Waals surface area contributed by atoms with E-state index in [-0.39, 0.29) is 6.61 Å². The molecule has 1 aromatic rings. The summed E-state index contributed by atoms with van der Waals surface area (Å²) in [6.45, 7) is 1.79. The molecule has 0 aromatic carbocycles. The van der Waals surface area contributed by atoms with E-state index in [1.54, 1.807) is 11.9 Å². The van der Waals surface area contributed by atoms with Crippen molar-refractivity contribution < 1.29 is 9.13 Å². The van der Waals surface area contributed by atoms with Crippen LogP contribution >= 0.6 is 0 Å². The minimum absolute atomic E-state index is 0.177. The molecule has 0 saturated carbocycles. The van der Waals surface area contributed by atoms with Gasteiger partial charge in [-0.05, 0) is 6.92 Å². The van der Waals surface area contributed by atoms with Gasteiger partial charge in [0.1, 0.15) is 0 Å². The van der Waals surface area contributed by atoms with Gasteiger partial charge in [-0.3, -0.25) is 14.8 Å². The molecule has 0 radical (unpaired) electrons. The second-order valence-corrected chi connectivity index (χ2v) is 1.98. The number of aromatic amines is 2. The molecule has 0 aliphatic carbocycles. The van der Waals surface area contributed by atoms with Gasteiger partial charge in [0.15, 0.2) is 0 Å². The van der Waals surface area contributed by atoms with Gasteiger partial charge in [0.25, 0.3) is 5.56 Å². The van der Waals surface area contributed by atoms with E-state index in [0.717, 1.165) is 0 Å². The molecule has 1 aromatic heterocycles. The van der Waals surface area contributed by atoms with Crippen molar-refractivity contribution in [1.82, 2.24) is 9.97 Å². The maximum atomic E-state index is 12.7. The number of H-pyrrole nitrogens is 2. The fraction of sp³-hybridized carbons (Fsp3) is 0.333. The molecule has 0 fully saturated rings. The minimum Gasteiger partial charge on any atom is -0.477 e. The predicted octanol–water partition coefficient (Wildman–Crippen LogP) is -0.399. The lowest BCUT2D eigenvalue weighted by atomic mass is 10.6. The Kier molecular flexibility index (Phi) is 2.27. The van der Waals surface area contributed by atoms with Crippen molar-refractivity contribution in [3.05, 3.63) is 26.7 Å². The van der Waals surface area contributed by atoms with Crippen molar-refractivity contribution in [2.45, 2.75) is 6.92 Å². The Balaban J connectivity index is 3.28. The molecule has 66 valence electrons. The highest BCUT2D eigenvalue weighted by Crippen LogP contribution is 2.03. The number of hydrogen-bond donors (Lipinski definition) is 2. The summed E-state index contributed by atoms with van der Waals surface area (Å²) in [5.41, 5.74) is -1.87. The highest BCUT2D eigenvalue weighted by Gasteiger charge is 2.08. The Morgan fingerprint density at radius 1 is 1.42 bits per heavy atom. The molecule has 1 rings (SSSR count). The number of ether oxygens (including phenoxy) is 1. The van der Waals surface area contributed by atoms with E-state index < -0.39 is 22.9 Å². The van der Waals surface area contributed by atoms with Crippen LogP contribution in [-0.4, -0.2) is 16.6 Å². The molecule has 0 unspecified atom stereocenters. The molecule has 0 atom stereocenters. The number of aromatic nitrogens is 2. The average Bonchev–Trinajstić information content (AvgIpc) is 2.00. The van der Waals surface area contributed by atoms with Crippen LogP contribution in [-0.2, 0) is 0 Å². The molecular weight excluding hydrogens is 167 g/mol. The van der Waals surface area contributed by atoms with Gasteiger partial charge in [-0.15, -0.1) is 0 Å². The molecule has 2 N–H and O–H groups in total. The zero-order valence-corrected chi connectivity index (χ0v) is 6.31. The van der Waals surface area contributed by atoms with Gasteiger partial charge in [0.05, 0.1) is 6.61 Å². The summed E-state index contributed by atoms with van der Waals surface area (Å²) in [7, 11) is 0. The van der Waals surface area contributed by atoms with Crippen LogP contribution in [0.2, 0.25) is 0 Å². The molecule has 6 heteroatoms. The summed E-state index contributed by atoms with van der Waals surface area (Å²) in [4.78, 5) is 24.9. The van der Waals surface area contributed by atoms with Gasteiger partial charge in [0, 0.05) is 0 Å². The van der Waals surface area contributed by atoms with Crippen LogP contribution in [0.25, 0.3) is 0 Å². The van der Waals surface area contributed by atoms with Crippen molar-refractivity contribution in [2.24, 2.45) is 0 Å². The normalized spacial score (nSPS) is 9.83. The van der Waals surface area contributed by atoms with E-state index in [2.05, 4.69) is 4.74 Å². The molecule has 0 bridgehead atoms. The fourth-order valence-electron chi connectivity index (χ4n) is 0.694. The van der Waals surface area contributed by atoms with E-state index >= 15 is 0 Å². The molecule has 5 nitrogen and oxygen atoms in total. The second kappa shape index (κ2) is 3.21. The predicted molar refractivity (Wildman–Crippen MR) is 38.8 cm³/mol. The maximum absolute atomic E-state index is 12.7. The first-order valence-corrected chi connectivity index (χ1v) is 3.30. The third-order valence-corrected chi connectivity index (χ3v) is 1.14. The van der Waals surface area contributed by atoms with E-state index in [9.17, 15) is 14.0 Å². The van der Waals surface area contributed by atoms with E-state index in [1.165, 1.54) is 0 Å². The maximum Gasteiger partial charge on any atom is 0.328 e. The monoisotopic (exact) mass is 174 g/mol. The summed E-state index contributed by atoms with van der Waals surface area (Å²) in [6.07, 6.45) is 0. The quantitative estimate of drug-likeness (QED) is 0.640. The number of hydrogen-bond acceptors (Lipinski definition) is 3. The third-order valence-electron chi connectivity index (χ3n) is 1.14. The second-order valence-electron chi connectivity index (χ2n) is 1.98. The van der Waals surface area contributed by atoms with Gasteiger partial charge in [-0.25, -0.2) is 4.79 Å². The van der Waals surface area contributed by atoms with Crippen LogP contribution in [0.4, 0.5) is 4.39 Å². The van der Waals surface area contributed by atoms with E-state index in [0.29, 0.717) is 0 Å². The highest BCUT2D eigenvalue weighted by atomic mass is 19.1. The Morgan fingerprint density at radius 2 is 2.08 bits per heavy atom. The third kappa shape index (κ3) is 1.52. The average molecular weight is 174 g/mol. The first kappa shape index (κ1) is 8.51. The number of halogens is 1. The van der Waals surface area contributed by atoms with Crippen LogP contribution in [0.5, 0.6) is 5.88 Å². The Hall–Kier alpha value is -1.59. The van der Waals surface area contributed by atoms with Crippen LogP contribution in [0.3, 0.4) is 0 Å². The number of nitrogens with one attached hydrogen (secondary N) is 2. The van der Waals surface area contributed by atoms with Gasteiger partial charge >= 0.3 is 5.69 Å².